The van der Waals surface area contributed by atoms with Crippen LogP contribution in [0.3, 0.4) is 0 Å². The molecule has 0 radical (unpaired) electrons. The van der Waals surface area contributed by atoms with E-state index in [-0.39, 0.29) is 5.91 Å². The molecule has 5 heteroatoms. The fourth-order valence-corrected chi connectivity index (χ4v) is 4.80. The fraction of sp³-hybridized carbons (Fsp3) is 0.130. The Kier molecular flexibility index (Phi) is 6.04. The van der Waals surface area contributed by atoms with E-state index < -0.39 is 0 Å². The Hall–Kier alpha value is -2.63. The Morgan fingerprint density at radius 3 is 2.54 bits per heavy atom. The number of benzene rings is 3. The average Bonchev–Trinajstić information content (AvgIpc) is 3.16. The minimum Gasteiger partial charge on any atom is -0.325 e. The summed E-state index contributed by atoms with van der Waals surface area (Å²) in [5.41, 5.74) is 2.78. The molecule has 1 heterocycles. The molecule has 0 fully saturated rings. The lowest BCUT2D eigenvalue weighted by Gasteiger charge is -2.09. The summed E-state index contributed by atoms with van der Waals surface area (Å²) in [6, 6.07) is 26.3. The number of thiazole rings is 1. The minimum absolute atomic E-state index is 0.0437. The van der Waals surface area contributed by atoms with E-state index in [9.17, 15) is 4.79 Å². The van der Waals surface area contributed by atoms with E-state index >= 15 is 0 Å². The van der Waals surface area contributed by atoms with Crippen molar-refractivity contribution >= 4 is 44.9 Å². The van der Waals surface area contributed by atoms with E-state index in [0.29, 0.717) is 6.42 Å². The van der Waals surface area contributed by atoms with Crippen LogP contribution in [0.2, 0.25) is 0 Å². The molecule has 3 nitrogen and oxygen atoms in total. The number of amides is 1. The molecule has 1 amide bonds. The number of nitrogens with zero attached hydrogens (tertiary/aromatic N) is 1. The van der Waals surface area contributed by atoms with Crippen molar-refractivity contribution in [2.75, 3.05) is 11.1 Å². The number of carbonyl (C=O) groups excluding carboxylic acids is 1. The number of thioether (sulfide) groups is 1. The first-order valence-electron chi connectivity index (χ1n) is 9.22. The molecule has 1 aromatic heterocycles. The monoisotopic (exact) mass is 404 g/mol. The maximum absolute atomic E-state index is 12.4. The van der Waals surface area contributed by atoms with Crippen LogP contribution in [0.15, 0.2) is 83.8 Å². The maximum atomic E-state index is 12.4. The number of anilines is 1. The third-order valence-corrected chi connectivity index (χ3v) is 6.45. The first-order valence-corrected chi connectivity index (χ1v) is 11.0. The Bertz CT molecular complexity index is 1040. The van der Waals surface area contributed by atoms with E-state index in [4.69, 9.17) is 4.98 Å². The largest absolute Gasteiger partial charge is 0.325 e. The topological polar surface area (TPSA) is 42.0 Å². The van der Waals surface area contributed by atoms with Crippen molar-refractivity contribution in [3.8, 4) is 10.6 Å². The predicted molar refractivity (Wildman–Crippen MR) is 120 cm³/mol. The molecule has 0 bridgehead atoms. The molecule has 4 rings (SSSR count). The molecule has 0 saturated carbocycles. The van der Waals surface area contributed by atoms with Crippen molar-refractivity contribution < 1.29 is 4.79 Å². The summed E-state index contributed by atoms with van der Waals surface area (Å²) < 4.78 is 1.15. The van der Waals surface area contributed by atoms with Crippen LogP contribution in [-0.4, -0.2) is 16.6 Å². The number of rotatable bonds is 7. The first-order chi connectivity index (χ1) is 13.8. The second kappa shape index (κ2) is 9.04. The van der Waals surface area contributed by atoms with E-state index in [2.05, 4.69) is 23.5 Å². The number of hydrogen-bond donors (Lipinski definition) is 1. The molecular formula is C23H20N2OS2. The number of hydrogen-bond acceptors (Lipinski definition) is 4. The van der Waals surface area contributed by atoms with Crippen LogP contribution >= 0.6 is 23.1 Å². The van der Waals surface area contributed by atoms with Gasteiger partial charge in [0, 0.05) is 16.9 Å². The molecule has 3 aromatic carbocycles. The van der Waals surface area contributed by atoms with Gasteiger partial charge in [0.1, 0.15) is 5.01 Å². The summed E-state index contributed by atoms with van der Waals surface area (Å²) in [6.45, 7) is 0. The second-order valence-electron chi connectivity index (χ2n) is 6.35. The molecule has 4 aromatic rings. The van der Waals surface area contributed by atoms with Gasteiger partial charge >= 0.3 is 0 Å². The quantitative estimate of drug-likeness (QED) is 0.283. The van der Waals surface area contributed by atoms with Crippen molar-refractivity contribution in [3.05, 3.63) is 78.9 Å². The average molecular weight is 405 g/mol. The summed E-state index contributed by atoms with van der Waals surface area (Å²) in [5, 5.41) is 4.00. The zero-order valence-electron chi connectivity index (χ0n) is 15.3. The molecule has 140 valence electrons. The zero-order valence-corrected chi connectivity index (χ0v) is 16.9. The highest BCUT2D eigenvalue weighted by Gasteiger charge is 2.12. The SMILES string of the molecule is O=C(CCCSc1ccccc1)Nc1ccccc1-c1nc2ccccc2s1. The molecule has 0 atom stereocenters. The number of carbonyl (C=O) groups is 1. The summed E-state index contributed by atoms with van der Waals surface area (Å²) in [4.78, 5) is 18.4. The van der Waals surface area contributed by atoms with Crippen molar-refractivity contribution in [3.63, 3.8) is 0 Å². The van der Waals surface area contributed by atoms with Crippen molar-refractivity contribution in [2.45, 2.75) is 17.7 Å². The predicted octanol–water partition coefficient (Wildman–Crippen LogP) is 6.47. The molecule has 28 heavy (non-hydrogen) atoms. The third-order valence-electron chi connectivity index (χ3n) is 4.29. The Labute approximate surface area is 172 Å². The van der Waals surface area contributed by atoms with Gasteiger partial charge in [-0.15, -0.1) is 23.1 Å². The molecule has 0 saturated heterocycles. The van der Waals surface area contributed by atoms with Gasteiger partial charge in [0.15, 0.2) is 0 Å². The third kappa shape index (κ3) is 4.61. The van der Waals surface area contributed by atoms with Gasteiger partial charge in [-0.25, -0.2) is 4.98 Å². The smallest absolute Gasteiger partial charge is 0.224 e. The lowest BCUT2D eigenvalue weighted by Crippen LogP contribution is -2.12. The highest BCUT2D eigenvalue weighted by Crippen LogP contribution is 2.34. The highest BCUT2D eigenvalue weighted by atomic mass is 32.2. The van der Waals surface area contributed by atoms with Gasteiger partial charge in [-0.05, 0) is 48.6 Å². The van der Waals surface area contributed by atoms with Crippen LogP contribution in [0.25, 0.3) is 20.8 Å². The standard InChI is InChI=1S/C23H20N2OS2/c26-22(15-8-16-27-17-9-2-1-3-10-17)24-19-12-5-4-11-18(19)23-25-20-13-6-7-14-21(20)28-23/h1-7,9-14H,8,15-16H2,(H,24,26). The lowest BCUT2D eigenvalue weighted by atomic mass is 10.1. The Morgan fingerprint density at radius 2 is 1.68 bits per heavy atom. The lowest BCUT2D eigenvalue weighted by molar-refractivity contribution is -0.116. The van der Waals surface area contributed by atoms with E-state index in [1.54, 1.807) is 23.1 Å². The van der Waals surface area contributed by atoms with Gasteiger partial charge in [0.05, 0.1) is 15.9 Å². The molecule has 1 N–H and O–H groups in total. The molecule has 0 spiro atoms. The molecule has 0 aliphatic rings. The fourth-order valence-electron chi connectivity index (χ4n) is 2.92. The summed E-state index contributed by atoms with van der Waals surface area (Å²) in [5.74, 6) is 0.971. The number of nitrogens with one attached hydrogen (secondary N) is 1. The maximum Gasteiger partial charge on any atom is 0.224 e. The number of aromatic nitrogens is 1. The second-order valence-corrected chi connectivity index (χ2v) is 8.54. The van der Waals surface area contributed by atoms with Gasteiger partial charge in [0.2, 0.25) is 5.91 Å². The van der Waals surface area contributed by atoms with Crippen molar-refractivity contribution in [1.82, 2.24) is 4.98 Å². The molecule has 0 aliphatic heterocycles. The molecule has 0 unspecified atom stereocenters. The van der Waals surface area contributed by atoms with Gasteiger partial charge in [-0.3, -0.25) is 4.79 Å². The normalized spacial score (nSPS) is 10.9. The van der Waals surface area contributed by atoms with Crippen LogP contribution < -0.4 is 5.32 Å². The van der Waals surface area contributed by atoms with Gasteiger partial charge in [-0.2, -0.15) is 0 Å². The van der Waals surface area contributed by atoms with Crippen LogP contribution in [0.5, 0.6) is 0 Å². The van der Waals surface area contributed by atoms with Crippen LogP contribution in [0, 0.1) is 0 Å². The Balaban J connectivity index is 1.39. The van der Waals surface area contributed by atoms with Gasteiger partial charge < -0.3 is 5.32 Å². The minimum atomic E-state index is 0.0437. The molecule has 0 aliphatic carbocycles. The first kappa shape index (κ1) is 18.7. The van der Waals surface area contributed by atoms with E-state index in [1.807, 2.05) is 60.7 Å². The summed E-state index contributed by atoms with van der Waals surface area (Å²) >= 11 is 3.43. The number of fused-ring (bicyclic) bond motifs is 1. The number of para-hydroxylation sites is 2. The molecular weight excluding hydrogens is 384 g/mol. The highest BCUT2D eigenvalue weighted by molar-refractivity contribution is 7.99. The van der Waals surface area contributed by atoms with E-state index in [0.717, 1.165) is 38.6 Å². The zero-order chi connectivity index (χ0) is 19.2. The van der Waals surface area contributed by atoms with Crippen LogP contribution in [0.1, 0.15) is 12.8 Å². The summed E-state index contributed by atoms with van der Waals surface area (Å²) in [7, 11) is 0. The van der Waals surface area contributed by atoms with Crippen molar-refractivity contribution in [2.24, 2.45) is 0 Å². The van der Waals surface area contributed by atoms with Crippen molar-refractivity contribution in [1.29, 1.82) is 0 Å². The van der Waals surface area contributed by atoms with Crippen LogP contribution in [-0.2, 0) is 4.79 Å². The van der Waals surface area contributed by atoms with E-state index in [1.165, 1.54) is 4.90 Å². The Morgan fingerprint density at radius 1 is 0.929 bits per heavy atom. The summed E-state index contributed by atoms with van der Waals surface area (Å²) in [6.07, 6.45) is 1.35. The van der Waals surface area contributed by atoms with Gasteiger partial charge in [0.25, 0.3) is 0 Å². The van der Waals surface area contributed by atoms with Gasteiger partial charge in [-0.1, -0.05) is 42.5 Å². The van der Waals surface area contributed by atoms with Crippen LogP contribution in [0.4, 0.5) is 5.69 Å².